The maximum atomic E-state index is 10.3. The van der Waals surface area contributed by atoms with Crippen LogP contribution in [0.1, 0.15) is 5.56 Å². The van der Waals surface area contributed by atoms with E-state index >= 15 is 0 Å². The predicted molar refractivity (Wildman–Crippen MR) is 141 cm³/mol. The van der Waals surface area contributed by atoms with Crippen LogP contribution in [-0.2, 0) is 0 Å². The normalized spacial score (nSPS) is 13.6. The number of rotatable bonds is 4. The number of aromatic amines is 1. The number of benzene rings is 1. The summed E-state index contributed by atoms with van der Waals surface area (Å²) < 4.78 is 0. The zero-order valence-corrected chi connectivity index (χ0v) is 20.4. The van der Waals surface area contributed by atoms with Crippen molar-refractivity contribution in [2.45, 2.75) is 0 Å². The number of nitrogens with one attached hydrogen (secondary N) is 2. The Morgan fingerprint density at radius 1 is 1.09 bits per heavy atom. The highest BCUT2D eigenvalue weighted by Gasteiger charge is 2.24. The maximum Gasteiger partial charge on any atom is 0.182 e. The molecule has 4 aromatic heterocycles. The maximum absolute atomic E-state index is 10.3. The van der Waals surface area contributed by atoms with Crippen molar-refractivity contribution in [2.24, 2.45) is 0 Å². The molecule has 0 unspecified atom stereocenters. The number of nitrogens with zero attached hydrogens (tertiary/aromatic N) is 5. The van der Waals surface area contributed by atoms with Crippen LogP contribution in [0, 0.1) is 11.3 Å². The summed E-state index contributed by atoms with van der Waals surface area (Å²) in [5, 5.41) is 26.2. The Morgan fingerprint density at radius 2 is 1.91 bits per heavy atom. The molecule has 0 amide bonds. The number of hydrogen-bond acceptors (Lipinski definition) is 8. The zero-order chi connectivity index (χ0) is 22.2. The Balaban J connectivity index is 0.00000241. The summed E-state index contributed by atoms with van der Waals surface area (Å²) in [7, 11) is 0. The Morgan fingerprint density at radius 3 is 2.59 bits per heavy atom. The average Bonchev–Trinajstić information content (AvgIpc) is 3.65. The molecule has 10 heteroatoms. The van der Waals surface area contributed by atoms with Crippen molar-refractivity contribution in [3.63, 3.8) is 0 Å². The molecule has 1 aliphatic heterocycles. The minimum atomic E-state index is 0. The van der Waals surface area contributed by atoms with E-state index in [1.165, 1.54) is 17.0 Å². The van der Waals surface area contributed by atoms with E-state index in [4.69, 9.17) is 4.98 Å². The highest BCUT2D eigenvalue weighted by molar-refractivity contribution is 7.13. The van der Waals surface area contributed by atoms with Crippen LogP contribution < -0.4 is 10.2 Å². The van der Waals surface area contributed by atoms with Crippen LogP contribution in [0.2, 0.25) is 0 Å². The first-order valence-corrected chi connectivity index (χ1v) is 12.5. The first kappa shape index (κ1) is 22.5. The van der Waals surface area contributed by atoms with Crippen LogP contribution in [0.5, 0.6) is 0 Å². The minimum Gasteiger partial charge on any atom is -0.369 e. The lowest BCUT2D eigenvalue weighted by molar-refractivity contribution is 0.589. The molecule has 1 aromatic carbocycles. The standard InChI is InChI=1S/C24H19N7S2.ClH/c25-12-17-20(15-3-5-16(6-4-15)31-9-7-26-8-10-31)21-23(19-2-1-11-33-19)29-30-24(21)28-22(17)18-13-32-14-27-18;/h1-6,11,13-14,26H,7-10H2,(H,28,29,30);1H. The lowest BCUT2D eigenvalue weighted by Gasteiger charge is -2.29. The molecule has 5 heterocycles. The third kappa shape index (κ3) is 3.85. The van der Waals surface area contributed by atoms with Gasteiger partial charge in [0.05, 0.1) is 27.0 Å². The van der Waals surface area contributed by atoms with Crippen molar-refractivity contribution >= 4 is 51.8 Å². The Kier molecular flexibility index (Phi) is 6.30. The van der Waals surface area contributed by atoms with Gasteiger partial charge in [0.15, 0.2) is 5.65 Å². The van der Waals surface area contributed by atoms with E-state index in [-0.39, 0.29) is 12.4 Å². The molecule has 0 spiro atoms. The summed E-state index contributed by atoms with van der Waals surface area (Å²) in [5.74, 6) is 0. The summed E-state index contributed by atoms with van der Waals surface area (Å²) in [6, 6.07) is 15.0. The third-order valence-electron chi connectivity index (χ3n) is 5.89. The highest BCUT2D eigenvalue weighted by Crippen LogP contribution is 2.41. The first-order chi connectivity index (χ1) is 16.3. The second-order valence-corrected chi connectivity index (χ2v) is 9.42. The van der Waals surface area contributed by atoms with Crippen molar-refractivity contribution in [1.82, 2.24) is 25.5 Å². The van der Waals surface area contributed by atoms with E-state index in [9.17, 15) is 5.26 Å². The van der Waals surface area contributed by atoms with E-state index < -0.39 is 0 Å². The smallest absolute Gasteiger partial charge is 0.182 e. The van der Waals surface area contributed by atoms with Gasteiger partial charge in [0, 0.05) is 42.8 Å². The molecule has 0 aliphatic carbocycles. The van der Waals surface area contributed by atoms with Gasteiger partial charge in [0.25, 0.3) is 0 Å². The van der Waals surface area contributed by atoms with Crippen molar-refractivity contribution in [3.8, 4) is 39.2 Å². The molecule has 170 valence electrons. The molecule has 1 saturated heterocycles. The van der Waals surface area contributed by atoms with Crippen LogP contribution >= 0.6 is 35.1 Å². The molecule has 2 N–H and O–H groups in total. The number of thiazole rings is 1. The van der Waals surface area contributed by atoms with Gasteiger partial charge < -0.3 is 10.2 Å². The fourth-order valence-corrected chi connectivity index (χ4v) is 5.59. The molecular weight excluding hydrogens is 486 g/mol. The Hall–Kier alpha value is -3.29. The molecule has 0 saturated carbocycles. The van der Waals surface area contributed by atoms with Crippen LogP contribution in [0.4, 0.5) is 5.69 Å². The van der Waals surface area contributed by atoms with Gasteiger partial charge in [-0.15, -0.1) is 35.1 Å². The molecule has 0 radical (unpaired) electrons. The van der Waals surface area contributed by atoms with Gasteiger partial charge in [-0.2, -0.15) is 10.4 Å². The number of anilines is 1. The summed E-state index contributed by atoms with van der Waals surface area (Å²) >= 11 is 3.11. The monoisotopic (exact) mass is 505 g/mol. The second kappa shape index (κ2) is 9.52. The molecule has 1 fully saturated rings. The number of pyridine rings is 1. The molecule has 7 nitrogen and oxygen atoms in total. The SMILES string of the molecule is Cl.N#Cc1c(-c2cscn2)nc2n[nH]c(-c3cccs3)c2c1-c1ccc(N2CCNCC2)cc1. The van der Waals surface area contributed by atoms with E-state index in [0.29, 0.717) is 22.6 Å². The fraction of sp³-hybridized carbons (Fsp3) is 0.167. The van der Waals surface area contributed by atoms with Crippen LogP contribution in [0.3, 0.4) is 0 Å². The van der Waals surface area contributed by atoms with Gasteiger partial charge in [0.2, 0.25) is 0 Å². The highest BCUT2D eigenvalue weighted by atomic mass is 35.5. The summed E-state index contributed by atoms with van der Waals surface area (Å²) in [6.45, 7) is 3.95. The van der Waals surface area contributed by atoms with E-state index in [1.54, 1.807) is 16.8 Å². The number of hydrogen-bond donors (Lipinski definition) is 2. The van der Waals surface area contributed by atoms with Gasteiger partial charge in [0.1, 0.15) is 17.5 Å². The van der Waals surface area contributed by atoms with E-state index in [0.717, 1.165) is 53.3 Å². The van der Waals surface area contributed by atoms with Crippen LogP contribution in [-0.4, -0.2) is 46.3 Å². The number of thiophene rings is 1. The molecule has 0 bridgehead atoms. The first-order valence-electron chi connectivity index (χ1n) is 10.6. The Bertz CT molecular complexity index is 1450. The lowest BCUT2D eigenvalue weighted by atomic mass is 9.94. The summed E-state index contributed by atoms with van der Waals surface area (Å²) in [6.07, 6.45) is 0. The van der Waals surface area contributed by atoms with E-state index in [1.807, 2.05) is 16.8 Å². The average molecular weight is 506 g/mol. The zero-order valence-electron chi connectivity index (χ0n) is 18.0. The fourth-order valence-electron chi connectivity index (χ4n) is 4.33. The number of fused-ring (bicyclic) bond motifs is 1. The Labute approximate surface area is 210 Å². The summed E-state index contributed by atoms with van der Waals surface area (Å²) in [4.78, 5) is 12.6. The number of aromatic nitrogens is 4. The van der Waals surface area contributed by atoms with Crippen LogP contribution in [0.15, 0.2) is 52.7 Å². The number of nitriles is 1. The molecule has 34 heavy (non-hydrogen) atoms. The second-order valence-electron chi connectivity index (χ2n) is 7.75. The number of H-pyrrole nitrogens is 1. The quantitative estimate of drug-likeness (QED) is 0.349. The van der Waals surface area contributed by atoms with Crippen molar-refractivity contribution < 1.29 is 0 Å². The summed E-state index contributed by atoms with van der Waals surface area (Å²) in [5.41, 5.74) is 8.00. The van der Waals surface area contributed by atoms with Gasteiger partial charge in [-0.1, -0.05) is 18.2 Å². The third-order valence-corrected chi connectivity index (χ3v) is 7.37. The predicted octanol–water partition coefficient (Wildman–Crippen LogP) is 5.18. The lowest BCUT2D eigenvalue weighted by Crippen LogP contribution is -2.43. The van der Waals surface area contributed by atoms with Crippen molar-refractivity contribution in [3.05, 3.63) is 58.2 Å². The molecule has 6 rings (SSSR count). The topological polar surface area (TPSA) is 93.5 Å². The van der Waals surface area contributed by atoms with Gasteiger partial charge in [-0.05, 0) is 29.1 Å². The molecule has 1 aliphatic rings. The molecule has 5 aromatic rings. The minimum absolute atomic E-state index is 0. The van der Waals surface area contributed by atoms with Gasteiger partial charge in [-0.25, -0.2) is 9.97 Å². The molecule has 0 atom stereocenters. The van der Waals surface area contributed by atoms with Crippen molar-refractivity contribution in [2.75, 3.05) is 31.1 Å². The van der Waals surface area contributed by atoms with E-state index in [2.05, 4.69) is 61.8 Å². The number of piperazine rings is 1. The van der Waals surface area contributed by atoms with Crippen molar-refractivity contribution in [1.29, 1.82) is 5.26 Å². The van der Waals surface area contributed by atoms with Gasteiger partial charge in [-0.3, -0.25) is 5.10 Å². The number of halogens is 1. The van der Waals surface area contributed by atoms with Gasteiger partial charge >= 0.3 is 0 Å². The molecular formula is C24H20ClN7S2. The largest absolute Gasteiger partial charge is 0.369 e. The van der Waals surface area contributed by atoms with Crippen LogP contribution in [0.25, 0.3) is 44.1 Å².